The first-order valence-electron chi connectivity index (χ1n) is 11.2. The minimum atomic E-state index is -1.51. The first kappa shape index (κ1) is 26.5. The number of carbonyl (C=O) groups excluding carboxylic acids is 1. The third-order valence-electron chi connectivity index (χ3n) is 6.11. The van der Waals surface area contributed by atoms with E-state index in [0.717, 1.165) is 0 Å². The Labute approximate surface area is 203 Å². The van der Waals surface area contributed by atoms with Crippen molar-refractivity contribution in [3.8, 4) is 5.75 Å². The van der Waals surface area contributed by atoms with E-state index in [1.54, 1.807) is 25.7 Å². The Morgan fingerprint density at radius 2 is 2.00 bits per heavy atom. The summed E-state index contributed by atoms with van der Waals surface area (Å²) < 4.78 is 41.8. The van der Waals surface area contributed by atoms with Crippen LogP contribution in [0.3, 0.4) is 0 Å². The average Bonchev–Trinajstić information content (AvgIpc) is 3.10. The molecule has 1 amide bonds. The average molecular weight is 505 g/mol. The number of carbonyl (C=O) groups is 1. The number of aryl methyl sites for hydroxylation is 1. The van der Waals surface area contributed by atoms with Crippen LogP contribution < -0.4 is 4.72 Å². The summed E-state index contributed by atoms with van der Waals surface area (Å²) in [5, 5.41) is 10.5. The molecule has 0 radical (unpaired) electrons. The van der Waals surface area contributed by atoms with Crippen LogP contribution in [0, 0.1) is 18.7 Å². The van der Waals surface area contributed by atoms with Crippen LogP contribution in [0.2, 0.25) is 5.02 Å². The Morgan fingerprint density at radius 3 is 2.52 bits per heavy atom. The standard InChI is InChI=1S/C23H34ClFN2O5S/c1-13-11-15(28)17(19(25)18(13)24)20(26-33(30)22(2,3)4)14-7-9-27(10-8-14)21(29)16-12-31-23(5,6)32-16/h11,14,16,20,26,28H,7-10,12H2,1-6H3/t16-,20-,33?/m1/s1. The molecule has 10 heteroatoms. The van der Waals surface area contributed by atoms with Crippen molar-refractivity contribution >= 4 is 28.9 Å². The predicted octanol–water partition coefficient (Wildman–Crippen LogP) is 3.98. The second-order valence-electron chi connectivity index (χ2n) is 10.2. The monoisotopic (exact) mass is 504 g/mol. The van der Waals surface area contributed by atoms with Gasteiger partial charge in [-0.3, -0.25) is 4.79 Å². The molecule has 186 valence electrons. The number of hydrogen-bond donors (Lipinski definition) is 2. The maximum Gasteiger partial charge on any atom is 0.254 e. The lowest BCUT2D eigenvalue weighted by Crippen LogP contribution is -2.48. The molecule has 3 rings (SSSR count). The highest BCUT2D eigenvalue weighted by Gasteiger charge is 2.42. The number of halogens is 2. The zero-order valence-electron chi connectivity index (χ0n) is 20.0. The van der Waals surface area contributed by atoms with Crippen LogP contribution >= 0.6 is 11.6 Å². The van der Waals surface area contributed by atoms with E-state index in [1.165, 1.54) is 6.07 Å². The maximum absolute atomic E-state index is 15.2. The van der Waals surface area contributed by atoms with Gasteiger partial charge in [0, 0.05) is 24.5 Å². The van der Waals surface area contributed by atoms with Gasteiger partial charge in [-0.05, 0) is 71.9 Å². The van der Waals surface area contributed by atoms with Crippen molar-refractivity contribution in [1.82, 2.24) is 9.62 Å². The zero-order chi connectivity index (χ0) is 24.7. The van der Waals surface area contributed by atoms with Crippen molar-refractivity contribution < 1.29 is 28.3 Å². The van der Waals surface area contributed by atoms with E-state index in [4.69, 9.17) is 21.1 Å². The lowest BCUT2D eigenvalue weighted by atomic mass is 9.85. The Bertz CT molecular complexity index is 887. The Hall–Kier alpha value is -1.10. The fourth-order valence-electron chi connectivity index (χ4n) is 4.19. The van der Waals surface area contributed by atoms with Crippen molar-refractivity contribution in [1.29, 1.82) is 0 Å². The summed E-state index contributed by atoms with van der Waals surface area (Å²) in [4.78, 5) is 14.6. The Morgan fingerprint density at radius 1 is 1.39 bits per heavy atom. The molecule has 2 aliphatic heterocycles. The van der Waals surface area contributed by atoms with Gasteiger partial charge in [0.1, 0.15) is 10.5 Å². The van der Waals surface area contributed by atoms with Gasteiger partial charge < -0.3 is 24.0 Å². The number of amides is 1. The number of ether oxygens (including phenoxy) is 2. The van der Waals surface area contributed by atoms with Crippen LogP contribution in [0.4, 0.5) is 4.39 Å². The number of nitrogens with zero attached hydrogens (tertiary/aromatic N) is 1. The van der Waals surface area contributed by atoms with Crippen LogP contribution in [0.25, 0.3) is 0 Å². The fraction of sp³-hybridized carbons (Fsp3) is 0.696. The molecule has 0 bridgehead atoms. The molecule has 1 unspecified atom stereocenters. The van der Waals surface area contributed by atoms with Crippen molar-refractivity contribution in [2.45, 2.75) is 77.1 Å². The van der Waals surface area contributed by atoms with E-state index in [9.17, 15) is 14.5 Å². The highest BCUT2D eigenvalue weighted by molar-refractivity contribution is 7.90. The Balaban J connectivity index is 1.80. The summed E-state index contributed by atoms with van der Waals surface area (Å²) in [6.45, 7) is 11.7. The maximum atomic E-state index is 15.2. The van der Waals surface area contributed by atoms with Crippen LogP contribution in [0.15, 0.2) is 6.07 Å². The topological polar surface area (TPSA) is 94.1 Å². The summed E-state index contributed by atoms with van der Waals surface area (Å²) in [5.74, 6) is -2.03. The highest BCUT2D eigenvalue weighted by atomic mass is 35.5. The third kappa shape index (κ3) is 5.94. The predicted molar refractivity (Wildman–Crippen MR) is 126 cm³/mol. The minimum Gasteiger partial charge on any atom is -0.598 e. The second kappa shape index (κ2) is 9.87. The number of phenolic OH excluding ortho intramolecular Hbond substituents is 1. The van der Waals surface area contributed by atoms with Crippen LogP contribution in [0.1, 0.15) is 64.6 Å². The zero-order valence-corrected chi connectivity index (χ0v) is 21.6. The van der Waals surface area contributed by atoms with E-state index in [-0.39, 0.29) is 34.8 Å². The smallest absolute Gasteiger partial charge is 0.254 e. The van der Waals surface area contributed by atoms with E-state index >= 15 is 4.39 Å². The quantitative estimate of drug-likeness (QED) is 0.589. The first-order chi connectivity index (χ1) is 15.2. The Kier molecular flexibility index (Phi) is 7.93. The minimum absolute atomic E-state index is 0.0160. The number of aromatic hydroxyl groups is 1. The molecular formula is C23H34ClFN2O5S. The molecule has 2 saturated heterocycles. The number of rotatable bonds is 5. The number of benzene rings is 1. The number of phenols is 1. The molecule has 2 heterocycles. The summed E-state index contributed by atoms with van der Waals surface area (Å²) >= 11 is 4.64. The van der Waals surface area contributed by atoms with Gasteiger partial charge in [-0.25, -0.2) is 4.39 Å². The lowest BCUT2D eigenvalue weighted by molar-refractivity contribution is -0.161. The van der Waals surface area contributed by atoms with Crippen LogP contribution in [-0.4, -0.2) is 56.8 Å². The number of piperidine rings is 1. The van der Waals surface area contributed by atoms with E-state index in [1.807, 2.05) is 20.8 Å². The first-order valence-corrected chi connectivity index (χ1v) is 12.7. The highest BCUT2D eigenvalue weighted by Crippen LogP contribution is 2.41. The molecule has 1 aromatic rings. The van der Waals surface area contributed by atoms with Gasteiger partial charge in [0.05, 0.1) is 23.2 Å². The summed E-state index contributed by atoms with van der Waals surface area (Å²) in [6.07, 6.45) is 0.425. The number of likely N-dealkylation sites (tertiary alicyclic amines) is 1. The molecule has 3 atom stereocenters. The van der Waals surface area contributed by atoms with Crippen molar-refractivity contribution in [2.24, 2.45) is 5.92 Å². The van der Waals surface area contributed by atoms with Gasteiger partial charge in [-0.2, -0.15) is 0 Å². The van der Waals surface area contributed by atoms with Crippen LogP contribution in [-0.2, 0) is 25.6 Å². The molecular weight excluding hydrogens is 471 g/mol. The SMILES string of the molecule is Cc1cc(O)c([C@H](N[S+]([O-])C(C)(C)C)C2CCN(C(=O)[C@H]3COC(C)(C)O3)CC2)c(F)c1Cl. The van der Waals surface area contributed by atoms with Gasteiger partial charge >= 0.3 is 0 Å². The normalized spacial score (nSPS) is 23.5. The largest absolute Gasteiger partial charge is 0.598 e. The summed E-state index contributed by atoms with van der Waals surface area (Å²) in [5.41, 5.74) is 0.440. The van der Waals surface area contributed by atoms with Crippen LogP contribution in [0.5, 0.6) is 5.75 Å². The molecule has 2 N–H and O–H groups in total. The van der Waals surface area contributed by atoms with E-state index < -0.39 is 39.9 Å². The van der Waals surface area contributed by atoms with Gasteiger partial charge in [0.2, 0.25) is 0 Å². The van der Waals surface area contributed by atoms with Gasteiger partial charge in [-0.1, -0.05) is 11.6 Å². The van der Waals surface area contributed by atoms with E-state index in [2.05, 4.69) is 4.72 Å². The molecule has 33 heavy (non-hydrogen) atoms. The fourth-order valence-corrected chi connectivity index (χ4v) is 5.25. The second-order valence-corrected chi connectivity index (χ2v) is 12.6. The molecule has 2 aliphatic rings. The molecule has 0 saturated carbocycles. The summed E-state index contributed by atoms with van der Waals surface area (Å²) in [7, 11) is 0. The molecule has 0 aromatic heterocycles. The van der Waals surface area contributed by atoms with Gasteiger partial charge in [0.25, 0.3) is 5.91 Å². The molecule has 7 nitrogen and oxygen atoms in total. The summed E-state index contributed by atoms with van der Waals surface area (Å²) in [6, 6.07) is 0.693. The molecule has 0 aliphatic carbocycles. The van der Waals surface area contributed by atoms with Gasteiger partial charge in [0.15, 0.2) is 17.7 Å². The number of hydrogen-bond acceptors (Lipinski definition) is 6. The van der Waals surface area contributed by atoms with Crippen molar-refractivity contribution in [3.63, 3.8) is 0 Å². The number of nitrogens with one attached hydrogen (secondary N) is 1. The molecule has 2 fully saturated rings. The molecule has 1 aromatic carbocycles. The van der Waals surface area contributed by atoms with Crippen molar-refractivity contribution in [3.05, 3.63) is 28.0 Å². The molecule has 0 spiro atoms. The van der Waals surface area contributed by atoms with Gasteiger partial charge in [-0.15, -0.1) is 4.72 Å². The third-order valence-corrected chi connectivity index (χ3v) is 8.16. The van der Waals surface area contributed by atoms with Crippen molar-refractivity contribution in [2.75, 3.05) is 19.7 Å². The lowest BCUT2D eigenvalue weighted by Gasteiger charge is -2.38. The van der Waals surface area contributed by atoms with E-state index in [0.29, 0.717) is 31.5 Å².